The normalized spacial score (nSPS) is 10.4. The summed E-state index contributed by atoms with van der Waals surface area (Å²) in [5.74, 6) is 0. The van der Waals surface area contributed by atoms with Crippen LogP contribution in [0, 0.1) is 0 Å². The molecule has 0 unspecified atom stereocenters. The lowest BCUT2D eigenvalue weighted by Crippen LogP contribution is -2.03. The van der Waals surface area contributed by atoms with Crippen molar-refractivity contribution < 1.29 is 4.74 Å². The molecule has 0 saturated heterocycles. The van der Waals surface area contributed by atoms with E-state index in [-0.39, 0.29) is 0 Å². The Bertz CT molecular complexity index is 212. The van der Waals surface area contributed by atoms with Crippen molar-refractivity contribution in [1.29, 1.82) is 0 Å². The molecule has 0 aliphatic carbocycles. The van der Waals surface area contributed by atoms with E-state index in [1.165, 1.54) is 0 Å². The zero-order valence-electron chi connectivity index (χ0n) is 6.78. The highest BCUT2D eigenvalue weighted by atomic mass is 32.2. The average Bonchev–Trinajstić information content (AvgIpc) is 2.47. The topological polar surface area (TPSA) is 27.1 Å². The van der Waals surface area contributed by atoms with Crippen LogP contribution in [0.5, 0.6) is 0 Å². The Hall–Kier alpha value is -0.480. The summed E-state index contributed by atoms with van der Waals surface area (Å²) in [6, 6.07) is 0. The quantitative estimate of drug-likeness (QED) is 0.640. The van der Waals surface area contributed by atoms with Crippen molar-refractivity contribution in [1.82, 2.24) is 9.55 Å². The van der Waals surface area contributed by atoms with Crippen molar-refractivity contribution in [3.8, 4) is 0 Å². The summed E-state index contributed by atoms with van der Waals surface area (Å²) in [6.45, 7) is 1.62. The van der Waals surface area contributed by atoms with Gasteiger partial charge in [0, 0.05) is 26.0 Å². The van der Waals surface area contributed by atoms with Gasteiger partial charge in [0.15, 0.2) is 5.16 Å². The van der Waals surface area contributed by atoms with E-state index in [4.69, 9.17) is 4.74 Å². The molecular formula is C7H12N2OS. The molecule has 1 heterocycles. The van der Waals surface area contributed by atoms with E-state index in [1.54, 1.807) is 18.9 Å². The van der Waals surface area contributed by atoms with Crippen LogP contribution in [0.15, 0.2) is 17.6 Å². The Balaban J connectivity index is 2.54. The summed E-state index contributed by atoms with van der Waals surface area (Å²) in [4.78, 5) is 4.16. The van der Waals surface area contributed by atoms with Crippen LogP contribution in [0.4, 0.5) is 0 Å². The maximum absolute atomic E-state index is 4.96. The van der Waals surface area contributed by atoms with Crippen LogP contribution in [0.1, 0.15) is 0 Å². The van der Waals surface area contributed by atoms with Crippen LogP contribution in [0.3, 0.4) is 0 Å². The molecule has 4 heteroatoms. The highest BCUT2D eigenvalue weighted by Gasteiger charge is 1.98. The molecule has 3 nitrogen and oxygen atoms in total. The molecule has 0 saturated carbocycles. The van der Waals surface area contributed by atoms with Gasteiger partial charge in [-0.25, -0.2) is 4.98 Å². The van der Waals surface area contributed by atoms with E-state index >= 15 is 0 Å². The lowest BCUT2D eigenvalue weighted by Gasteiger charge is -2.03. The second kappa shape index (κ2) is 4.41. The van der Waals surface area contributed by atoms with Crippen molar-refractivity contribution in [3.63, 3.8) is 0 Å². The number of rotatable bonds is 4. The molecule has 0 spiro atoms. The van der Waals surface area contributed by atoms with Crippen LogP contribution >= 0.6 is 11.8 Å². The highest BCUT2D eigenvalue weighted by Crippen LogP contribution is 2.10. The number of methoxy groups -OCH3 is 1. The van der Waals surface area contributed by atoms with Crippen LogP contribution in [-0.4, -0.2) is 29.5 Å². The Morgan fingerprint density at radius 3 is 3.18 bits per heavy atom. The van der Waals surface area contributed by atoms with Gasteiger partial charge in [-0.05, 0) is 6.26 Å². The fourth-order valence-electron chi connectivity index (χ4n) is 0.845. The summed E-state index contributed by atoms with van der Waals surface area (Å²) >= 11 is 1.65. The average molecular weight is 172 g/mol. The summed E-state index contributed by atoms with van der Waals surface area (Å²) in [6.07, 6.45) is 5.79. The predicted octanol–water partition coefficient (Wildman–Crippen LogP) is 1.25. The minimum absolute atomic E-state index is 0.740. The van der Waals surface area contributed by atoms with E-state index in [2.05, 4.69) is 9.55 Å². The summed E-state index contributed by atoms with van der Waals surface area (Å²) in [5.41, 5.74) is 0. The van der Waals surface area contributed by atoms with Gasteiger partial charge in [0.05, 0.1) is 6.61 Å². The zero-order chi connectivity index (χ0) is 8.10. The van der Waals surface area contributed by atoms with Gasteiger partial charge in [0.2, 0.25) is 0 Å². The number of nitrogens with zero attached hydrogens (tertiary/aromatic N) is 2. The maximum Gasteiger partial charge on any atom is 0.167 e. The first-order chi connectivity index (χ1) is 5.38. The molecule has 1 aromatic rings. The van der Waals surface area contributed by atoms with Gasteiger partial charge in [-0.2, -0.15) is 0 Å². The van der Waals surface area contributed by atoms with Gasteiger partial charge >= 0.3 is 0 Å². The standard InChI is InChI=1S/C7H12N2OS/c1-10-6-5-9-4-3-8-7(9)11-2/h3-4H,5-6H2,1-2H3. The van der Waals surface area contributed by atoms with Crippen LogP contribution in [0.25, 0.3) is 0 Å². The first-order valence-corrected chi connectivity index (χ1v) is 4.65. The van der Waals surface area contributed by atoms with Crippen molar-refractivity contribution in [2.45, 2.75) is 11.7 Å². The van der Waals surface area contributed by atoms with E-state index in [9.17, 15) is 0 Å². The van der Waals surface area contributed by atoms with Crippen molar-refractivity contribution in [3.05, 3.63) is 12.4 Å². The number of aromatic nitrogens is 2. The molecule has 1 aromatic heterocycles. The molecule has 0 N–H and O–H groups in total. The number of hydrogen-bond acceptors (Lipinski definition) is 3. The molecule has 62 valence electrons. The van der Waals surface area contributed by atoms with Gasteiger partial charge in [-0.15, -0.1) is 0 Å². The summed E-state index contributed by atoms with van der Waals surface area (Å²) in [5, 5.41) is 1.04. The minimum Gasteiger partial charge on any atom is -0.383 e. The Morgan fingerprint density at radius 1 is 1.73 bits per heavy atom. The highest BCUT2D eigenvalue weighted by molar-refractivity contribution is 7.98. The van der Waals surface area contributed by atoms with Crippen LogP contribution in [0.2, 0.25) is 0 Å². The lowest BCUT2D eigenvalue weighted by molar-refractivity contribution is 0.185. The Labute approximate surface area is 70.8 Å². The first-order valence-electron chi connectivity index (χ1n) is 3.42. The van der Waals surface area contributed by atoms with Gasteiger partial charge in [0.25, 0.3) is 0 Å². The van der Waals surface area contributed by atoms with E-state index in [0.717, 1.165) is 18.3 Å². The van der Waals surface area contributed by atoms with Crippen LogP contribution in [-0.2, 0) is 11.3 Å². The van der Waals surface area contributed by atoms with E-state index < -0.39 is 0 Å². The smallest absolute Gasteiger partial charge is 0.167 e. The Kier molecular flexibility index (Phi) is 3.45. The first kappa shape index (κ1) is 8.62. The number of hydrogen-bond donors (Lipinski definition) is 0. The van der Waals surface area contributed by atoms with Crippen molar-refractivity contribution in [2.24, 2.45) is 0 Å². The number of thioether (sulfide) groups is 1. The predicted molar refractivity (Wildman–Crippen MR) is 45.9 cm³/mol. The SMILES string of the molecule is COCCn1ccnc1SC. The number of ether oxygens (including phenoxy) is 1. The molecule has 0 aromatic carbocycles. The molecule has 0 fully saturated rings. The van der Waals surface area contributed by atoms with Gasteiger partial charge < -0.3 is 9.30 Å². The van der Waals surface area contributed by atoms with Crippen molar-refractivity contribution >= 4 is 11.8 Å². The Morgan fingerprint density at radius 2 is 2.55 bits per heavy atom. The number of imidazole rings is 1. The summed E-state index contributed by atoms with van der Waals surface area (Å²) < 4.78 is 7.03. The molecule has 0 bridgehead atoms. The molecule has 11 heavy (non-hydrogen) atoms. The van der Waals surface area contributed by atoms with Crippen molar-refractivity contribution in [2.75, 3.05) is 20.0 Å². The van der Waals surface area contributed by atoms with Crippen LogP contribution < -0.4 is 0 Å². The monoisotopic (exact) mass is 172 g/mol. The third-order valence-electron chi connectivity index (χ3n) is 1.40. The molecule has 1 rings (SSSR count). The fraction of sp³-hybridized carbons (Fsp3) is 0.571. The molecule has 0 radical (unpaired) electrons. The second-order valence-electron chi connectivity index (χ2n) is 2.10. The third kappa shape index (κ3) is 2.24. The third-order valence-corrected chi connectivity index (χ3v) is 2.10. The zero-order valence-corrected chi connectivity index (χ0v) is 7.60. The van der Waals surface area contributed by atoms with Gasteiger partial charge in [-0.3, -0.25) is 0 Å². The minimum atomic E-state index is 0.740. The molecular weight excluding hydrogens is 160 g/mol. The largest absolute Gasteiger partial charge is 0.383 e. The fourth-order valence-corrected chi connectivity index (χ4v) is 1.40. The van der Waals surface area contributed by atoms with Gasteiger partial charge in [0.1, 0.15) is 0 Å². The van der Waals surface area contributed by atoms with E-state index in [0.29, 0.717) is 0 Å². The summed E-state index contributed by atoms with van der Waals surface area (Å²) in [7, 11) is 1.70. The molecule has 0 amide bonds. The lowest BCUT2D eigenvalue weighted by atomic mass is 10.7. The van der Waals surface area contributed by atoms with Gasteiger partial charge in [-0.1, -0.05) is 11.8 Å². The molecule has 0 aliphatic rings. The maximum atomic E-state index is 4.96. The molecule has 0 atom stereocenters. The second-order valence-corrected chi connectivity index (χ2v) is 2.87. The van der Waals surface area contributed by atoms with E-state index in [1.807, 2.05) is 18.6 Å². The molecule has 0 aliphatic heterocycles.